The Bertz CT molecular complexity index is 194. The lowest BCUT2D eigenvalue weighted by Gasteiger charge is -2.30. The fourth-order valence-electron chi connectivity index (χ4n) is 1.88. The largest absolute Gasteiger partial charge is 0.466 e. The smallest absolute Gasteiger partial charge is 0.313 e. The van der Waals surface area contributed by atoms with Gasteiger partial charge in [0, 0.05) is 6.54 Å². The summed E-state index contributed by atoms with van der Waals surface area (Å²) in [6.45, 7) is 6.01. The van der Waals surface area contributed by atoms with E-state index in [4.69, 9.17) is 10.5 Å². The van der Waals surface area contributed by atoms with E-state index in [2.05, 4.69) is 0 Å². The summed E-state index contributed by atoms with van der Waals surface area (Å²) in [5.74, 6) is -0.282. The molecule has 4 nitrogen and oxygen atoms in total. The SMILES string of the molecule is CCCC(CN)(CC(C)O)C(=O)OCC. The Morgan fingerprint density at radius 2 is 2.13 bits per heavy atom. The molecule has 0 aromatic carbocycles. The van der Waals surface area contributed by atoms with Crippen LogP contribution in [-0.4, -0.2) is 30.3 Å². The lowest BCUT2D eigenvalue weighted by molar-refractivity contribution is -0.157. The normalized spacial score (nSPS) is 16.9. The number of carbonyl (C=O) groups excluding carboxylic acids is 1. The molecule has 0 rings (SSSR count). The highest BCUT2D eigenvalue weighted by atomic mass is 16.5. The van der Waals surface area contributed by atoms with Gasteiger partial charge in [0.2, 0.25) is 0 Å². The highest BCUT2D eigenvalue weighted by Crippen LogP contribution is 2.30. The summed E-state index contributed by atoms with van der Waals surface area (Å²) in [4.78, 5) is 11.8. The Balaban J connectivity index is 4.70. The summed E-state index contributed by atoms with van der Waals surface area (Å²) in [7, 11) is 0. The Hall–Kier alpha value is -0.610. The van der Waals surface area contributed by atoms with Crippen molar-refractivity contribution < 1.29 is 14.6 Å². The molecule has 4 heteroatoms. The number of carbonyl (C=O) groups is 1. The fourth-order valence-corrected chi connectivity index (χ4v) is 1.88. The maximum atomic E-state index is 11.8. The zero-order valence-electron chi connectivity index (χ0n) is 9.95. The first-order valence-corrected chi connectivity index (χ1v) is 5.57. The Kier molecular flexibility index (Phi) is 6.52. The van der Waals surface area contributed by atoms with E-state index in [-0.39, 0.29) is 12.5 Å². The van der Waals surface area contributed by atoms with Gasteiger partial charge in [-0.05, 0) is 26.7 Å². The van der Waals surface area contributed by atoms with Crippen LogP contribution in [0.4, 0.5) is 0 Å². The van der Waals surface area contributed by atoms with Crippen molar-refractivity contribution >= 4 is 5.97 Å². The van der Waals surface area contributed by atoms with Crippen LogP contribution < -0.4 is 5.73 Å². The third-order valence-electron chi connectivity index (χ3n) is 2.51. The average molecular weight is 217 g/mol. The minimum absolute atomic E-state index is 0.227. The topological polar surface area (TPSA) is 72.5 Å². The summed E-state index contributed by atoms with van der Waals surface area (Å²) < 4.78 is 5.02. The van der Waals surface area contributed by atoms with Crippen molar-refractivity contribution in [3.63, 3.8) is 0 Å². The second kappa shape index (κ2) is 6.80. The molecule has 0 aliphatic carbocycles. The van der Waals surface area contributed by atoms with Crippen molar-refractivity contribution in [3.05, 3.63) is 0 Å². The number of hydrogen-bond acceptors (Lipinski definition) is 4. The number of rotatable bonds is 7. The third-order valence-corrected chi connectivity index (χ3v) is 2.51. The molecule has 0 amide bonds. The number of hydrogen-bond donors (Lipinski definition) is 2. The lowest BCUT2D eigenvalue weighted by atomic mass is 9.78. The van der Waals surface area contributed by atoms with E-state index in [9.17, 15) is 9.90 Å². The van der Waals surface area contributed by atoms with Crippen LogP contribution in [0.1, 0.15) is 40.0 Å². The van der Waals surface area contributed by atoms with E-state index < -0.39 is 11.5 Å². The van der Waals surface area contributed by atoms with Gasteiger partial charge in [-0.1, -0.05) is 13.3 Å². The average Bonchev–Trinajstić information content (AvgIpc) is 2.16. The highest BCUT2D eigenvalue weighted by Gasteiger charge is 2.38. The monoisotopic (exact) mass is 217 g/mol. The van der Waals surface area contributed by atoms with E-state index >= 15 is 0 Å². The maximum Gasteiger partial charge on any atom is 0.313 e. The van der Waals surface area contributed by atoms with Crippen molar-refractivity contribution in [2.45, 2.75) is 46.1 Å². The van der Waals surface area contributed by atoms with Crippen molar-refractivity contribution in [1.29, 1.82) is 0 Å². The molecule has 0 saturated carbocycles. The van der Waals surface area contributed by atoms with Crippen LogP contribution in [0.15, 0.2) is 0 Å². The molecule has 3 N–H and O–H groups in total. The van der Waals surface area contributed by atoms with Crippen LogP contribution in [-0.2, 0) is 9.53 Å². The molecule has 0 radical (unpaired) electrons. The Labute approximate surface area is 91.8 Å². The second-order valence-electron chi connectivity index (χ2n) is 4.01. The van der Waals surface area contributed by atoms with E-state index in [1.165, 1.54) is 0 Å². The Morgan fingerprint density at radius 3 is 2.47 bits per heavy atom. The van der Waals surface area contributed by atoms with Gasteiger partial charge < -0.3 is 15.6 Å². The Morgan fingerprint density at radius 1 is 1.53 bits per heavy atom. The summed E-state index contributed by atoms with van der Waals surface area (Å²) in [6, 6.07) is 0. The molecular weight excluding hydrogens is 194 g/mol. The minimum atomic E-state index is -0.709. The zero-order valence-corrected chi connectivity index (χ0v) is 9.95. The quantitative estimate of drug-likeness (QED) is 0.626. The minimum Gasteiger partial charge on any atom is -0.466 e. The molecular formula is C11H23NO3. The van der Waals surface area contributed by atoms with Crippen LogP contribution in [0.3, 0.4) is 0 Å². The molecule has 0 aromatic rings. The van der Waals surface area contributed by atoms with Gasteiger partial charge in [-0.3, -0.25) is 4.79 Å². The molecule has 0 aliphatic heterocycles. The van der Waals surface area contributed by atoms with Crippen molar-refractivity contribution in [2.75, 3.05) is 13.2 Å². The molecule has 15 heavy (non-hydrogen) atoms. The van der Waals surface area contributed by atoms with Gasteiger partial charge in [-0.25, -0.2) is 0 Å². The summed E-state index contributed by atoms with van der Waals surface area (Å²) in [6.07, 6.45) is 1.34. The van der Waals surface area contributed by atoms with Crippen molar-refractivity contribution in [2.24, 2.45) is 11.1 Å². The highest BCUT2D eigenvalue weighted by molar-refractivity contribution is 5.77. The van der Waals surface area contributed by atoms with Gasteiger partial charge >= 0.3 is 5.97 Å². The number of aliphatic hydroxyl groups is 1. The van der Waals surface area contributed by atoms with Gasteiger partial charge in [0.05, 0.1) is 18.1 Å². The van der Waals surface area contributed by atoms with Crippen LogP contribution in [0, 0.1) is 5.41 Å². The van der Waals surface area contributed by atoms with Crippen molar-refractivity contribution in [3.8, 4) is 0 Å². The van der Waals surface area contributed by atoms with E-state index in [1.807, 2.05) is 6.92 Å². The van der Waals surface area contributed by atoms with E-state index in [0.29, 0.717) is 19.4 Å². The maximum absolute atomic E-state index is 11.8. The van der Waals surface area contributed by atoms with Gasteiger partial charge in [-0.2, -0.15) is 0 Å². The second-order valence-corrected chi connectivity index (χ2v) is 4.01. The van der Waals surface area contributed by atoms with Gasteiger partial charge in [0.15, 0.2) is 0 Å². The van der Waals surface area contributed by atoms with Crippen LogP contribution >= 0.6 is 0 Å². The van der Waals surface area contributed by atoms with E-state index in [1.54, 1.807) is 13.8 Å². The van der Waals surface area contributed by atoms with Gasteiger partial charge in [0.25, 0.3) is 0 Å². The first-order chi connectivity index (χ1) is 7.02. The molecule has 0 spiro atoms. The third kappa shape index (κ3) is 4.18. The standard InChI is InChI=1S/C11H23NO3/c1-4-6-11(8-12,7-9(3)13)10(14)15-5-2/h9,13H,4-8,12H2,1-3H3. The molecule has 0 fully saturated rings. The molecule has 0 aliphatic rings. The summed E-state index contributed by atoms with van der Waals surface area (Å²) in [5, 5.41) is 9.40. The lowest BCUT2D eigenvalue weighted by Crippen LogP contribution is -2.42. The predicted octanol–water partition coefficient (Wildman–Crippen LogP) is 1.07. The van der Waals surface area contributed by atoms with Gasteiger partial charge in [-0.15, -0.1) is 0 Å². The van der Waals surface area contributed by atoms with Crippen LogP contribution in [0.2, 0.25) is 0 Å². The van der Waals surface area contributed by atoms with Crippen LogP contribution in [0.5, 0.6) is 0 Å². The number of aliphatic hydroxyl groups excluding tert-OH is 1. The van der Waals surface area contributed by atoms with Crippen LogP contribution in [0.25, 0.3) is 0 Å². The summed E-state index contributed by atoms with van der Waals surface area (Å²) >= 11 is 0. The fraction of sp³-hybridized carbons (Fsp3) is 0.909. The first kappa shape index (κ1) is 14.4. The number of esters is 1. The summed E-state index contributed by atoms with van der Waals surface area (Å²) in [5.41, 5.74) is 4.95. The predicted molar refractivity (Wildman–Crippen MR) is 59.3 cm³/mol. The molecule has 0 aromatic heterocycles. The molecule has 0 saturated heterocycles. The van der Waals surface area contributed by atoms with Crippen molar-refractivity contribution in [1.82, 2.24) is 0 Å². The number of nitrogens with two attached hydrogens (primary N) is 1. The number of ether oxygens (including phenoxy) is 1. The van der Waals surface area contributed by atoms with E-state index in [0.717, 1.165) is 6.42 Å². The van der Waals surface area contributed by atoms with Gasteiger partial charge in [0.1, 0.15) is 0 Å². The first-order valence-electron chi connectivity index (χ1n) is 5.57. The zero-order chi connectivity index (χ0) is 11.9. The molecule has 2 atom stereocenters. The molecule has 0 bridgehead atoms. The molecule has 90 valence electrons. The molecule has 2 unspecified atom stereocenters. The molecule has 0 heterocycles.